The molecule has 3 aromatic rings. The molecule has 1 aliphatic rings. The smallest absolute Gasteiger partial charge is 0.266 e. The number of alkyl halides is 2. The van der Waals surface area contributed by atoms with Crippen molar-refractivity contribution < 1.29 is 18.0 Å². The van der Waals surface area contributed by atoms with E-state index in [1.165, 1.54) is 6.07 Å². The Kier molecular flexibility index (Phi) is 4.33. The summed E-state index contributed by atoms with van der Waals surface area (Å²) in [7, 11) is 1.78. The van der Waals surface area contributed by atoms with Crippen LogP contribution in [-0.2, 0) is 11.3 Å². The second-order valence-electron chi connectivity index (χ2n) is 6.74. The number of pyridine rings is 1. The molecule has 140 valence electrons. The van der Waals surface area contributed by atoms with Gasteiger partial charge in [0.25, 0.3) is 6.43 Å². The van der Waals surface area contributed by atoms with Crippen LogP contribution in [0.25, 0.3) is 22.2 Å². The van der Waals surface area contributed by atoms with Crippen molar-refractivity contribution in [2.75, 3.05) is 13.6 Å². The van der Waals surface area contributed by atoms with E-state index < -0.39 is 17.8 Å². The number of aromatic nitrogens is 3. The first-order valence-electron chi connectivity index (χ1n) is 8.58. The van der Waals surface area contributed by atoms with Crippen LogP contribution >= 0.6 is 0 Å². The Labute approximate surface area is 153 Å². The third-order valence-electron chi connectivity index (χ3n) is 4.99. The minimum atomic E-state index is -2.89. The van der Waals surface area contributed by atoms with Crippen LogP contribution < -0.4 is 0 Å². The lowest BCUT2D eigenvalue weighted by Gasteiger charge is -2.11. The molecule has 0 spiro atoms. The second-order valence-corrected chi connectivity index (χ2v) is 6.74. The Morgan fingerprint density at radius 1 is 1.22 bits per heavy atom. The van der Waals surface area contributed by atoms with Crippen LogP contribution in [0.3, 0.4) is 0 Å². The molecular formula is C19H17F3N4O. The quantitative estimate of drug-likeness (QED) is 0.700. The summed E-state index contributed by atoms with van der Waals surface area (Å²) >= 11 is 0. The molecule has 0 radical (unpaired) electrons. The van der Waals surface area contributed by atoms with E-state index in [1.807, 2.05) is 0 Å². The number of rotatable bonds is 4. The molecule has 4 rings (SSSR count). The number of fused-ring (bicyclic) bond motifs is 1. The van der Waals surface area contributed by atoms with Gasteiger partial charge in [0.05, 0.1) is 29.7 Å². The van der Waals surface area contributed by atoms with E-state index in [9.17, 15) is 18.0 Å². The first-order valence-corrected chi connectivity index (χ1v) is 8.58. The zero-order valence-electron chi connectivity index (χ0n) is 14.6. The van der Waals surface area contributed by atoms with Crippen molar-refractivity contribution in [2.45, 2.75) is 19.4 Å². The second kappa shape index (κ2) is 6.68. The molecule has 0 unspecified atom stereocenters. The predicted octanol–water partition coefficient (Wildman–Crippen LogP) is 3.65. The summed E-state index contributed by atoms with van der Waals surface area (Å²) in [5.41, 5.74) is 1.75. The minimum absolute atomic E-state index is 0.0860. The summed E-state index contributed by atoms with van der Waals surface area (Å²) in [5, 5.41) is 4.32. The average Bonchev–Trinajstić information content (AvgIpc) is 3.20. The monoisotopic (exact) mass is 374 g/mol. The number of hydrogen-bond donors (Lipinski definition) is 0. The van der Waals surface area contributed by atoms with Crippen LogP contribution in [0.15, 0.2) is 36.7 Å². The van der Waals surface area contributed by atoms with E-state index in [1.54, 1.807) is 35.1 Å². The fourth-order valence-electron chi connectivity index (χ4n) is 3.42. The Bertz CT molecular complexity index is 1020. The molecule has 1 saturated heterocycles. The molecule has 1 aromatic carbocycles. The van der Waals surface area contributed by atoms with Crippen molar-refractivity contribution in [1.29, 1.82) is 0 Å². The highest BCUT2D eigenvalue weighted by atomic mass is 19.3. The molecule has 1 atom stereocenters. The van der Waals surface area contributed by atoms with Gasteiger partial charge in [-0.05, 0) is 30.2 Å². The summed E-state index contributed by atoms with van der Waals surface area (Å²) in [5.74, 6) is -0.988. The molecule has 1 fully saturated rings. The number of benzene rings is 1. The summed E-state index contributed by atoms with van der Waals surface area (Å²) in [6, 6.07) is 5.39. The van der Waals surface area contributed by atoms with Crippen LogP contribution in [0.1, 0.15) is 18.4 Å². The Hall–Kier alpha value is -2.90. The highest BCUT2D eigenvalue weighted by Crippen LogP contribution is 2.29. The van der Waals surface area contributed by atoms with Crippen LogP contribution in [0.4, 0.5) is 13.2 Å². The molecule has 0 N–H and O–H groups in total. The van der Waals surface area contributed by atoms with E-state index in [0.29, 0.717) is 28.7 Å². The Balaban J connectivity index is 1.70. The average molecular weight is 374 g/mol. The topological polar surface area (TPSA) is 51.0 Å². The standard InChI is InChI=1S/C19H17F3N4O/c1-25-5-4-12(19(25)27)10-26-17-7-13(8-23-16(17)9-24-26)11-2-3-15(20)14(6-11)18(21)22/h2-3,6-9,12,18H,4-5,10H2,1H3/t12-/m1/s1. The molecule has 5 nitrogen and oxygen atoms in total. The SMILES string of the molecule is CN1CC[C@H](Cn2ncc3ncc(-c4ccc(F)c(C(F)F)c4)cc32)C1=O. The maximum atomic E-state index is 13.6. The number of nitrogens with zero attached hydrogens (tertiary/aromatic N) is 4. The molecule has 2 aromatic heterocycles. The summed E-state index contributed by atoms with van der Waals surface area (Å²) < 4.78 is 41.2. The van der Waals surface area contributed by atoms with Crippen molar-refractivity contribution in [1.82, 2.24) is 19.7 Å². The van der Waals surface area contributed by atoms with Crippen LogP contribution in [0.5, 0.6) is 0 Å². The molecule has 8 heteroatoms. The van der Waals surface area contributed by atoms with Crippen LogP contribution in [-0.4, -0.2) is 39.2 Å². The number of likely N-dealkylation sites (tertiary alicyclic amines) is 1. The van der Waals surface area contributed by atoms with Crippen molar-refractivity contribution in [2.24, 2.45) is 5.92 Å². The third kappa shape index (κ3) is 3.15. The van der Waals surface area contributed by atoms with Gasteiger partial charge in [0.2, 0.25) is 5.91 Å². The lowest BCUT2D eigenvalue weighted by atomic mass is 10.0. The number of carbonyl (C=O) groups is 1. The van der Waals surface area contributed by atoms with Crippen molar-refractivity contribution in [3.05, 3.63) is 48.0 Å². The number of amides is 1. The van der Waals surface area contributed by atoms with E-state index in [-0.39, 0.29) is 11.8 Å². The highest BCUT2D eigenvalue weighted by molar-refractivity contribution is 5.82. The highest BCUT2D eigenvalue weighted by Gasteiger charge is 2.29. The van der Waals surface area contributed by atoms with Gasteiger partial charge in [-0.2, -0.15) is 5.10 Å². The predicted molar refractivity (Wildman–Crippen MR) is 93.6 cm³/mol. The van der Waals surface area contributed by atoms with Gasteiger partial charge >= 0.3 is 0 Å². The van der Waals surface area contributed by atoms with Crippen LogP contribution in [0, 0.1) is 11.7 Å². The van der Waals surface area contributed by atoms with Crippen molar-refractivity contribution in [3.63, 3.8) is 0 Å². The van der Waals surface area contributed by atoms with Crippen LogP contribution in [0.2, 0.25) is 0 Å². The number of carbonyl (C=O) groups excluding carboxylic acids is 1. The van der Waals surface area contributed by atoms with E-state index >= 15 is 0 Å². The van der Waals surface area contributed by atoms with Gasteiger partial charge in [-0.3, -0.25) is 14.5 Å². The molecule has 0 bridgehead atoms. The van der Waals surface area contributed by atoms with E-state index in [2.05, 4.69) is 10.1 Å². The largest absolute Gasteiger partial charge is 0.345 e. The van der Waals surface area contributed by atoms with Gasteiger partial charge in [-0.15, -0.1) is 0 Å². The van der Waals surface area contributed by atoms with Gasteiger partial charge in [0.1, 0.15) is 11.3 Å². The first kappa shape index (κ1) is 17.5. The maximum Gasteiger partial charge on any atom is 0.266 e. The molecular weight excluding hydrogens is 357 g/mol. The maximum absolute atomic E-state index is 13.6. The molecule has 1 amide bonds. The first-order chi connectivity index (χ1) is 12.9. The molecule has 1 aliphatic heterocycles. The molecule has 27 heavy (non-hydrogen) atoms. The molecule has 0 aliphatic carbocycles. The fraction of sp³-hybridized carbons (Fsp3) is 0.316. The molecule has 0 saturated carbocycles. The summed E-state index contributed by atoms with van der Waals surface area (Å²) in [4.78, 5) is 18.2. The third-order valence-corrected chi connectivity index (χ3v) is 4.99. The normalized spacial score (nSPS) is 17.4. The van der Waals surface area contributed by atoms with Crippen molar-refractivity contribution in [3.8, 4) is 11.1 Å². The van der Waals surface area contributed by atoms with Crippen molar-refractivity contribution >= 4 is 16.9 Å². The van der Waals surface area contributed by atoms with Gasteiger partial charge in [-0.1, -0.05) is 6.07 Å². The minimum Gasteiger partial charge on any atom is -0.345 e. The zero-order valence-corrected chi connectivity index (χ0v) is 14.6. The summed E-state index contributed by atoms with van der Waals surface area (Å²) in [6.45, 7) is 1.15. The van der Waals surface area contributed by atoms with Gasteiger partial charge in [0, 0.05) is 25.4 Å². The van der Waals surface area contributed by atoms with Gasteiger partial charge in [-0.25, -0.2) is 13.2 Å². The molecule has 3 heterocycles. The van der Waals surface area contributed by atoms with Gasteiger partial charge < -0.3 is 4.90 Å². The Morgan fingerprint density at radius 2 is 2.04 bits per heavy atom. The Morgan fingerprint density at radius 3 is 2.74 bits per heavy atom. The number of halogens is 3. The van der Waals surface area contributed by atoms with E-state index in [4.69, 9.17) is 0 Å². The zero-order chi connectivity index (χ0) is 19.1. The number of hydrogen-bond acceptors (Lipinski definition) is 3. The lowest BCUT2D eigenvalue weighted by Crippen LogP contribution is -2.25. The summed E-state index contributed by atoms with van der Waals surface area (Å²) in [6.07, 6.45) is 1.03. The fourth-order valence-corrected chi connectivity index (χ4v) is 3.42. The van der Waals surface area contributed by atoms with Gasteiger partial charge in [0.15, 0.2) is 0 Å². The lowest BCUT2D eigenvalue weighted by molar-refractivity contribution is -0.130. The van der Waals surface area contributed by atoms with E-state index in [0.717, 1.165) is 25.1 Å².